The lowest BCUT2D eigenvalue weighted by Crippen LogP contribution is -2.37. The van der Waals surface area contributed by atoms with Crippen molar-refractivity contribution in [1.29, 1.82) is 0 Å². The van der Waals surface area contributed by atoms with E-state index in [4.69, 9.17) is 23.2 Å². The molecule has 0 saturated carbocycles. The predicted molar refractivity (Wildman–Crippen MR) is 92.4 cm³/mol. The molecule has 0 aliphatic rings. The Morgan fingerprint density at radius 3 is 2.42 bits per heavy atom. The third-order valence-electron chi connectivity index (χ3n) is 2.92. The number of amides is 3. The van der Waals surface area contributed by atoms with Gasteiger partial charge < -0.3 is 20.3 Å². The second-order valence-corrected chi connectivity index (χ2v) is 5.61. The van der Waals surface area contributed by atoms with Crippen LogP contribution >= 0.6 is 23.2 Å². The second-order valence-electron chi connectivity index (χ2n) is 4.79. The van der Waals surface area contributed by atoms with Crippen LogP contribution in [0.3, 0.4) is 0 Å². The molecule has 0 bridgehead atoms. The van der Waals surface area contributed by atoms with Gasteiger partial charge in [-0.05, 0) is 19.1 Å². The zero-order chi connectivity index (χ0) is 18.1. The number of nitrogens with zero attached hydrogens (tertiary/aromatic N) is 1. The highest BCUT2D eigenvalue weighted by Gasteiger charge is 2.15. The van der Waals surface area contributed by atoms with Gasteiger partial charge in [0.1, 0.15) is 0 Å². The summed E-state index contributed by atoms with van der Waals surface area (Å²) in [5.74, 6) is -0.730. The predicted octanol–water partition coefficient (Wildman–Crippen LogP) is 2.53. The van der Waals surface area contributed by atoms with Crippen molar-refractivity contribution in [1.82, 2.24) is 10.2 Å². The normalized spacial score (nSPS) is 10.0. The number of rotatable bonds is 7. The Labute approximate surface area is 150 Å². The number of carbonyl (C=O) groups excluding carboxylic acids is 3. The lowest BCUT2D eigenvalue weighted by molar-refractivity contribution is -0.133. The van der Waals surface area contributed by atoms with E-state index in [9.17, 15) is 14.4 Å². The molecule has 9 heteroatoms. The summed E-state index contributed by atoms with van der Waals surface area (Å²) in [7, 11) is 1.49. The van der Waals surface area contributed by atoms with E-state index in [1.54, 1.807) is 25.1 Å². The molecule has 2 N–H and O–H groups in total. The molecule has 1 aromatic carbocycles. The summed E-state index contributed by atoms with van der Waals surface area (Å²) < 4.78 is 4.67. The van der Waals surface area contributed by atoms with Crippen LogP contribution < -0.4 is 10.6 Å². The van der Waals surface area contributed by atoms with Gasteiger partial charge in [-0.1, -0.05) is 29.3 Å². The molecule has 0 aliphatic carbocycles. The van der Waals surface area contributed by atoms with Crippen molar-refractivity contribution in [2.45, 2.75) is 13.3 Å². The zero-order valence-corrected chi connectivity index (χ0v) is 14.9. The fourth-order valence-corrected chi connectivity index (χ4v) is 2.24. The van der Waals surface area contributed by atoms with Gasteiger partial charge in [-0.25, -0.2) is 4.79 Å². The number of benzene rings is 1. The van der Waals surface area contributed by atoms with Crippen molar-refractivity contribution in [2.24, 2.45) is 0 Å². The number of likely N-dealkylation sites (N-methyl/N-ethyl adjacent to an activating group) is 1. The first-order chi connectivity index (χ1) is 11.3. The van der Waals surface area contributed by atoms with E-state index >= 15 is 0 Å². The molecule has 3 amide bonds. The highest BCUT2D eigenvalue weighted by atomic mass is 35.5. The van der Waals surface area contributed by atoms with Gasteiger partial charge in [0.15, 0.2) is 0 Å². The Bertz CT molecular complexity index is 590. The van der Waals surface area contributed by atoms with Crippen molar-refractivity contribution in [3.05, 3.63) is 28.2 Å². The molecule has 0 aliphatic heterocycles. The highest BCUT2D eigenvalue weighted by molar-refractivity contribution is 6.39. The smallest absolute Gasteiger partial charge is 0.407 e. The van der Waals surface area contributed by atoms with E-state index in [1.165, 1.54) is 11.9 Å². The Balaban J connectivity index is 2.43. The van der Waals surface area contributed by atoms with E-state index in [1.807, 2.05) is 0 Å². The molecular formula is C15H19Cl2N3O4. The van der Waals surface area contributed by atoms with Crippen LogP contribution in [0.25, 0.3) is 0 Å². The molecule has 0 saturated heterocycles. The molecule has 1 aromatic rings. The number of anilines is 1. The minimum atomic E-state index is -0.584. The average Bonchev–Trinajstić information content (AvgIpc) is 2.51. The number of alkyl carbamates (subject to hydrolysis) is 1. The minimum absolute atomic E-state index is 0.0510. The summed E-state index contributed by atoms with van der Waals surface area (Å²) in [5, 5.41) is 5.62. The Kier molecular flexibility index (Phi) is 8.35. The van der Waals surface area contributed by atoms with Gasteiger partial charge in [-0.15, -0.1) is 0 Å². The van der Waals surface area contributed by atoms with Crippen LogP contribution in [0.15, 0.2) is 18.2 Å². The number of carbonyl (C=O) groups is 3. The topological polar surface area (TPSA) is 87.7 Å². The maximum atomic E-state index is 12.0. The lowest BCUT2D eigenvalue weighted by Gasteiger charge is -2.17. The standard InChI is InChI=1S/C15H19Cl2N3O4/c1-3-24-15(23)18-8-7-13(22)20(2)9-12(21)19-14-10(16)5-4-6-11(14)17/h4-6H,3,7-9H2,1-2H3,(H,18,23)(H,19,21). The number of para-hydroxylation sites is 1. The van der Waals surface area contributed by atoms with E-state index < -0.39 is 12.0 Å². The number of hydrogen-bond donors (Lipinski definition) is 2. The first-order valence-corrected chi connectivity index (χ1v) is 7.99. The van der Waals surface area contributed by atoms with Crippen molar-refractivity contribution >= 4 is 46.8 Å². The molecule has 1 rings (SSSR count). The van der Waals surface area contributed by atoms with Gasteiger partial charge in [0.05, 0.1) is 28.9 Å². The van der Waals surface area contributed by atoms with Crippen LogP contribution in [-0.4, -0.2) is 49.6 Å². The van der Waals surface area contributed by atoms with Gasteiger partial charge in [-0.3, -0.25) is 9.59 Å². The summed E-state index contributed by atoms with van der Waals surface area (Å²) in [6.07, 6.45) is -0.533. The van der Waals surface area contributed by atoms with Crippen LogP contribution in [0.1, 0.15) is 13.3 Å². The van der Waals surface area contributed by atoms with Gasteiger partial charge in [0, 0.05) is 20.0 Å². The highest BCUT2D eigenvalue weighted by Crippen LogP contribution is 2.29. The fraction of sp³-hybridized carbons (Fsp3) is 0.400. The summed E-state index contributed by atoms with van der Waals surface area (Å²) in [4.78, 5) is 36.2. The van der Waals surface area contributed by atoms with E-state index in [0.29, 0.717) is 15.7 Å². The Morgan fingerprint density at radius 2 is 1.83 bits per heavy atom. The second kappa shape index (κ2) is 10.00. The monoisotopic (exact) mass is 375 g/mol. The van der Waals surface area contributed by atoms with Crippen LogP contribution in [0.4, 0.5) is 10.5 Å². The molecule has 0 atom stereocenters. The fourth-order valence-electron chi connectivity index (χ4n) is 1.74. The summed E-state index contributed by atoms with van der Waals surface area (Å²) in [5.41, 5.74) is 0.302. The number of halogens is 2. The quantitative estimate of drug-likeness (QED) is 0.766. The van der Waals surface area contributed by atoms with Crippen molar-refractivity contribution in [3.8, 4) is 0 Å². The molecule has 0 radical (unpaired) electrons. The van der Waals surface area contributed by atoms with Gasteiger partial charge in [-0.2, -0.15) is 0 Å². The largest absolute Gasteiger partial charge is 0.450 e. The molecule has 24 heavy (non-hydrogen) atoms. The van der Waals surface area contributed by atoms with E-state index in [-0.39, 0.29) is 32.0 Å². The number of ether oxygens (including phenoxy) is 1. The molecule has 0 fully saturated rings. The van der Waals surface area contributed by atoms with Crippen LogP contribution in [0.5, 0.6) is 0 Å². The average molecular weight is 376 g/mol. The Hall–Kier alpha value is -1.99. The van der Waals surface area contributed by atoms with Gasteiger partial charge >= 0.3 is 6.09 Å². The van der Waals surface area contributed by atoms with Crippen molar-refractivity contribution in [2.75, 3.05) is 32.1 Å². The molecule has 7 nitrogen and oxygen atoms in total. The van der Waals surface area contributed by atoms with Crippen molar-refractivity contribution < 1.29 is 19.1 Å². The maximum absolute atomic E-state index is 12.0. The molecule has 0 aromatic heterocycles. The number of hydrogen-bond acceptors (Lipinski definition) is 4. The van der Waals surface area contributed by atoms with Crippen LogP contribution in [0.2, 0.25) is 10.0 Å². The first-order valence-electron chi connectivity index (χ1n) is 7.23. The Morgan fingerprint density at radius 1 is 1.21 bits per heavy atom. The van der Waals surface area contributed by atoms with Gasteiger partial charge in [0.25, 0.3) is 0 Å². The number of nitrogens with one attached hydrogen (secondary N) is 2. The molecular weight excluding hydrogens is 357 g/mol. The summed E-state index contributed by atoms with van der Waals surface area (Å²) in [6.45, 7) is 1.90. The molecule has 0 heterocycles. The minimum Gasteiger partial charge on any atom is -0.450 e. The first kappa shape index (κ1) is 20.1. The SMILES string of the molecule is CCOC(=O)NCCC(=O)N(C)CC(=O)Nc1c(Cl)cccc1Cl. The van der Waals surface area contributed by atoms with Crippen LogP contribution in [-0.2, 0) is 14.3 Å². The lowest BCUT2D eigenvalue weighted by atomic mass is 10.3. The summed E-state index contributed by atoms with van der Waals surface area (Å²) >= 11 is 11.9. The summed E-state index contributed by atoms with van der Waals surface area (Å²) in [6, 6.07) is 4.85. The van der Waals surface area contributed by atoms with Crippen molar-refractivity contribution in [3.63, 3.8) is 0 Å². The van der Waals surface area contributed by atoms with Gasteiger partial charge in [0.2, 0.25) is 11.8 Å². The third-order valence-corrected chi connectivity index (χ3v) is 3.55. The maximum Gasteiger partial charge on any atom is 0.407 e. The molecule has 0 unspecified atom stereocenters. The van der Waals surface area contributed by atoms with E-state index in [2.05, 4.69) is 15.4 Å². The zero-order valence-electron chi connectivity index (χ0n) is 13.4. The molecule has 132 valence electrons. The van der Waals surface area contributed by atoms with E-state index in [0.717, 1.165) is 0 Å². The third kappa shape index (κ3) is 6.64. The van der Waals surface area contributed by atoms with Crippen LogP contribution in [0, 0.1) is 0 Å². The molecule has 0 spiro atoms.